The number of anilines is 1. The van der Waals surface area contributed by atoms with Crippen LogP contribution in [0.2, 0.25) is 0 Å². The van der Waals surface area contributed by atoms with E-state index in [2.05, 4.69) is 15.4 Å². The molecule has 0 unspecified atom stereocenters. The maximum absolute atomic E-state index is 13.0. The van der Waals surface area contributed by atoms with Gasteiger partial charge >= 0.3 is 12.6 Å². The van der Waals surface area contributed by atoms with E-state index < -0.39 is 24.3 Å². The Labute approximate surface area is 135 Å². The van der Waals surface area contributed by atoms with Crippen molar-refractivity contribution in [1.82, 2.24) is 5.32 Å². The van der Waals surface area contributed by atoms with Gasteiger partial charge in [0.25, 0.3) is 0 Å². The summed E-state index contributed by atoms with van der Waals surface area (Å²) in [7, 11) is 0. The lowest BCUT2D eigenvalue weighted by molar-refractivity contribution is -0.0497. The highest BCUT2D eigenvalue weighted by atomic mass is 19.3. The van der Waals surface area contributed by atoms with Crippen molar-refractivity contribution in [3.8, 4) is 5.75 Å². The molecule has 0 heterocycles. The maximum atomic E-state index is 13.0. The molecule has 0 saturated carbocycles. The van der Waals surface area contributed by atoms with E-state index >= 15 is 0 Å². The summed E-state index contributed by atoms with van der Waals surface area (Å²) in [5, 5.41) is 4.94. The number of benzene rings is 2. The molecule has 0 aromatic heterocycles. The van der Waals surface area contributed by atoms with Gasteiger partial charge in [-0.25, -0.2) is 13.6 Å². The number of hydrogen-bond acceptors (Lipinski definition) is 2. The molecule has 0 atom stereocenters. The Morgan fingerprint density at radius 1 is 1.08 bits per heavy atom. The minimum absolute atomic E-state index is 0.0852. The van der Waals surface area contributed by atoms with Gasteiger partial charge in [-0.1, -0.05) is 6.07 Å². The molecule has 0 aliphatic carbocycles. The fraction of sp³-hybridized carbons (Fsp3) is 0.188. The Bertz CT molecular complexity index is 690. The summed E-state index contributed by atoms with van der Waals surface area (Å²) in [4.78, 5) is 11.7. The van der Waals surface area contributed by atoms with Gasteiger partial charge in [0.1, 0.15) is 17.4 Å². The van der Waals surface area contributed by atoms with Gasteiger partial charge < -0.3 is 15.4 Å². The van der Waals surface area contributed by atoms with E-state index in [1.807, 2.05) is 0 Å². The number of halogens is 4. The summed E-state index contributed by atoms with van der Waals surface area (Å²) in [6.45, 7) is -2.82. The number of urea groups is 1. The summed E-state index contributed by atoms with van der Waals surface area (Å²) in [5.74, 6) is -1.46. The number of ether oxygens (including phenoxy) is 1. The fourth-order valence-electron chi connectivity index (χ4n) is 2.00. The predicted octanol–water partition coefficient (Wildman–Crippen LogP) is 3.93. The van der Waals surface area contributed by atoms with Crippen LogP contribution in [0, 0.1) is 11.6 Å². The molecule has 0 aliphatic rings. The lowest BCUT2D eigenvalue weighted by Gasteiger charge is -2.10. The van der Waals surface area contributed by atoms with Gasteiger partial charge in [-0.15, -0.1) is 0 Å². The molecule has 0 spiro atoms. The van der Waals surface area contributed by atoms with Crippen molar-refractivity contribution in [3.05, 3.63) is 59.7 Å². The second-order valence-corrected chi connectivity index (χ2v) is 4.81. The molecule has 2 N–H and O–H groups in total. The van der Waals surface area contributed by atoms with Gasteiger partial charge in [0.2, 0.25) is 0 Å². The third-order valence-corrected chi connectivity index (χ3v) is 2.94. The molecule has 0 aliphatic heterocycles. The Morgan fingerprint density at radius 2 is 1.79 bits per heavy atom. The molecule has 2 amide bonds. The number of amides is 2. The van der Waals surface area contributed by atoms with E-state index in [1.54, 1.807) is 0 Å². The van der Waals surface area contributed by atoms with Crippen LogP contribution in [0.1, 0.15) is 5.56 Å². The lowest BCUT2D eigenvalue weighted by atomic mass is 10.1. The van der Waals surface area contributed by atoms with Crippen LogP contribution < -0.4 is 15.4 Å². The average molecular weight is 342 g/mol. The number of alkyl halides is 2. The van der Waals surface area contributed by atoms with Gasteiger partial charge in [0.15, 0.2) is 0 Å². The third-order valence-electron chi connectivity index (χ3n) is 2.94. The molecule has 8 heteroatoms. The lowest BCUT2D eigenvalue weighted by Crippen LogP contribution is -2.30. The highest BCUT2D eigenvalue weighted by Gasteiger charge is 2.07. The van der Waals surface area contributed by atoms with Crippen LogP contribution in [0.15, 0.2) is 42.5 Å². The molecule has 2 aromatic rings. The Balaban J connectivity index is 1.83. The second kappa shape index (κ2) is 8.19. The third kappa shape index (κ3) is 5.79. The van der Waals surface area contributed by atoms with Crippen LogP contribution in [-0.4, -0.2) is 19.2 Å². The van der Waals surface area contributed by atoms with Gasteiger partial charge in [-0.2, -0.15) is 8.78 Å². The number of rotatable bonds is 6. The van der Waals surface area contributed by atoms with Crippen molar-refractivity contribution >= 4 is 11.7 Å². The topological polar surface area (TPSA) is 50.4 Å². The van der Waals surface area contributed by atoms with E-state index in [1.165, 1.54) is 36.4 Å². The maximum Gasteiger partial charge on any atom is 0.387 e. The van der Waals surface area contributed by atoms with Crippen LogP contribution in [-0.2, 0) is 6.42 Å². The van der Waals surface area contributed by atoms with Gasteiger partial charge in [-0.05, 0) is 36.2 Å². The summed E-state index contributed by atoms with van der Waals surface area (Å²) < 4.78 is 54.5. The Morgan fingerprint density at radius 3 is 2.46 bits per heavy atom. The van der Waals surface area contributed by atoms with Crippen molar-refractivity contribution in [2.75, 3.05) is 11.9 Å². The molecule has 0 radical (unpaired) electrons. The van der Waals surface area contributed by atoms with Crippen LogP contribution in [0.3, 0.4) is 0 Å². The number of hydrogen-bond donors (Lipinski definition) is 2. The first-order valence-corrected chi connectivity index (χ1v) is 6.97. The minimum atomic E-state index is -2.96. The molecule has 4 nitrogen and oxygen atoms in total. The van der Waals surface area contributed by atoms with Gasteiger partial charge in [0.05, 0.1) is 0 Å². The minimum Gasteiger partial charge on any atom is -0.435 e. The van der Waals surface area contributed by atoms with Crippen LogP contribution in [0.25, 0.3) is 0 Å². The molecule has 0 saturated heterocycles. The van der Waals surface area contributed by atoms with Crippen LogP contribution in [0.4, 0.5) is 28.0 Å². The second-order valence-electron chi connectivity index (χ2n) is 4.81. The zero-order valence-corrected chi connectivity index (χ0v) is 12.4. The number of nitrogens with one attached hydrogen (secondary N) is 2. The normalized spacial score (nSPS) is 10.5. The first-order valence-electron chi connectivity index (χ1n) is 6.97. The molecular weight excluding hydrogens is 328 g/mol. The van der Waals surface area contributed by atoms with Gasteiger partial charge in [0, 0.05) is 24.4 Å². The quantitative estimate of drug-likeness (QED) is 0.782. The molecule has 0 bridgehead atoms. The van der Waals surface area contributed by atoms with Crippen LogP contribution >= 0.6 is 0 Å². The van der Waals surface area contributed by atoms with E-state index in [9.17, 15) is 22.4 Å². The summed E-state index contributed by atoms with van der Waals surface area (Å²) in [6, 6.07) is 8.05. The monoisotopic (exact) mass is 342 g/mol. The standard InChI is InChI=1S/C16H14F4N2O2/c17-11-6-10(7-12(18)8-11)4-5-21-16(23)22-13-2-1-3-14(9-13)24-15(19)20/h1-3,6-9,15H,4-5H2,(H2,21,22,23). The molecule has 0 fully saturated rings. The Kier molecular flexibility index (Phi) is 6.00. The van der Waals surface area contributed by atoms with E-state index in [0.29, 0.717) is 5.56 Å². The summed E-state index contributed by atoms with van der Waals surface area (Å²) in [5.41, 5.74) is 0.669. The van der Waals surface area contributed by atoms with E-state index in [0.717, 1.165) is 6.07 Å². The first kappa shape index (κ1) is 17.6. The average Bonchev–Trinajstić information content (AvgIpc) is 2.45. The first-order chi connectivity index (χ1) is 11.4. The Hall–Kier alpha value is -2.77. The zero-order chi connectivity index (χ0) is 17.5. The highest BCUT2D eigenvalue weighted by molar-refractivity contribution is 5.89. The summed E-state index contributed by atoms with van der Waals surface area (Å²) >= 11 is 0. The van der Waals surface area contributed by atoms with E-state index in [4.69, 9.17) is 0 Å². The van der Waals surface area contributed by atoms with Crippen molar-refractivity contribution in [3.63, 3.8) is 0 Å². The fourth-order valence-corrected chi connectivity index (χ4v) is 2.00. The molecule has 128 valence electrons. The van der Waals surface area contributed by atoms with E-state index in [-0.39, 0.29) is 24.4 Å². The smallest absolute Gasteiger partial charge is 0.387 e. The van der Waals surface area contributed by atoms with Crippen molar-refractivity contribution in [1.29, 1.82) is 0 Å². The molecule has 2 aromatic carbocycles. The SMILES string of the molecule is O=C(NCCc1cc(F)cc(F)c1)Nc1cccc(OC(F)F)c1. The van der Waals surface area contributed by atoms with Gasteiger partial charge in [-0.3, -0.25) is 0 Å². The molecular formula is C16H14F4N2O2. The largest absolute Gasteiger partial charge is 0.435 e. The summed E-state index contributed by atoms with van der Waals surface area (Å²) in [6.07, 6.45) is 0.233. The van der Waals surface area contributed by atoms with Crippen molar-refractivity contribution in [2.24, 2.45) is 0 Å². The highest BCUT2D eigenvalue weighted by Crippen LogP contribution is 2.19. The van der Waals surface area contributed by atoms with Crippen LogP contribution in [0.5, 0.6) is 5.75 Å². The van der Waals surface area contributed by atoms with Crippen molar-refractivity contribution in [2.45, 2.75) is 13.0 Å². The van der Waals surface area contributed by atoms with Crippen molar-refractivity contribution < 1.29 is 27.1 Å². The molecule has 2 rings (SSSR count). The predicted molar refractivity (Wildman–Crippen MR) is 80.2 cm³/mol. The number of carbonyl (C=O) groups excluding carboxylic acids is 1. The number of carbonyl (C=O) groups is 1. The zero-order valence-electron chi connectivity index (χ0n) is 12.4. The molecule has 24 heavy (non-hydrogen) atoms.